The number of phenolic OH excluding ortho intramolecular Hbond substituents is 1. The number of rotatable bonds is 6. The summed E-state index contributed by atoms with van der Waals surface area (Å²) >= 11 is 9.22. The second kappa shape index (κ2) is 8.71. The normalized spacial score (nSPS) is 11.4. The highest BCUT2D eigenvalue weighted by Crippen LogP contribution is 2.34. The van der Waals surface area contributed by atoms with E-state index < -0.39 is 16.4 Å². The molecule has 1 N–H and O–H groups in total. The fourth-order valence-electron chi connectivity index (χ4n) is 2.75. The average Bonchev–Trinajstić information content (AvgIpc) is 2.68. The van der Waals surface area contributed by atoms with Gasteiger partial charge in [0.1, 0.15) is 5.82 Å². The molecule has 0 aliphatic carbocycles. The van der Waals surface area contributed by atoms with E-state index in [9.17, 15) is 20.0 Å². The molecule has 0 amide bonds. The minimum absolute atomic E-state index is 0.181. The molecule has 0 fully saturated rings. The fourth-order valence-corrected chi connectivity index (χ4v) is 3.34. The van der Waals surface area contributed by atoms with Gasteiger partial charge in [-0.2, -0.15) is 9.78 Å². The SMILES string of the molecule is CCCCc1nc2ccc(Br)cc2c(=O)n1N=Cc1cc(Cl)c(O)c([N+](=O)[O-])c1. The zero-order valence-electron chi connectivity index (χ0n) is 15.3. The summed E-state index contributed by atoms with van der Waals surface area (Å²) in [7, 11) is 0. The molecule has 3 aromatic rings. The minimum atomic E-state index is -0.744. The number of nitro benzene ring substituents is 1. The summed E-state index contributed by atoms with van der Waals surface area (Å²) < 4.78 is 1.93. The summed E-state index contributed by atoms with van der Waals surface area (Å²) in [5.74, 6) is -0.130. The first kappa shape index (κ1) is 20.9. The van der Waals surface area contributed by atoms with Crippen molar-refractivity contribution in [3.8, 4) is 5.75 Å². The summed E-state index contributed by atoms with van der Waals surface area (Å²) in [5.41, 5.74) is -0.0580. The van der Waals surface area contributed by atoms with Crippen molar-refractivity contribution in [3.63, 3.8) is 0 Å². The van der Waals surface area contributed by atoms with Crippen LogP contribution in [0.4, 0.5) is 5.69 Å². The highest BCUT2D eigenvalue weighted by atomic mass is 79.9. The van der Waals surface area contributed by atoms with Crippen molar-refractivity contribution < 1.29 is 10.0 Å². The smallest absolute Gasteiger partial charge is 0.312 e. The molecular formula is C19H16BrClN4O4. The second-order valence-corrected chi connectivity index (χ2v) is 7.61. The van der Waals surface area contributed by atoms with Crippen LogP contribution in [0.2, 0.25) is 5.02 Å². The molecule has 0 bridgehead atoms. The summed E-state index contributed by atoms with van der Waals surface area (Å²) in [4.78, 5) is 27.9. The van der Waals surface area contributed by atoms with Crippen molar-refractivity contribution in [3.05, 3.63) is 71.7 Å². The predicted molar refractivity (Wildman–Crippen MR) is 115 cm³/mol. The van der Waals surface area contributed by atoms with Crippen LogP contribution in [0.1, 0.15) is 31.2 Å². The number of aromatic nitrogens is 2. The minimum Gasteiger partial charge on any atom is -0.501 e. The fraction of sp³-hybridized carbons (Fsp3) is 0.211. The van der Waals surface area contributed by atoms with Gasteiger partial charge >= 0.3 is 5.69 Å². The Labute approximate surface area is 178 Å². The second-order valence-electron chi connectivity index (χ2n) is 6.28. The van der Waals surface area contributed by atoms with Gasteiger partial charge in [-0.3, -0.25) is 14.9 Å². The van der Waals surface area contributed by atoms with Crippen LogP contribution < -0.4 is 5.56 Å². The Balaban J connectivity index is 2.14. The van der Waals surface area contributed by atoms with Crippen LogP contribution in [0.3, 0.4) is 0 Å². The molecule has 1 aromatic heterocycles. The summed E-state index contributed by atoms with van der Waals surface area (Å²) in [6.07, 6.45) is 3.56. The van der Waals surface area contributed by atoms with Crippen molar-refractivity contribution in [2.24, 2.45) is 5.10 Å². The van der Waals surface area contributed by atoms with Crippen molar-refractivity contribution in [2.75, 3.05) is 0 Å². The van der Waals surface area contributed by atoms with Crippen LogP contribution in [0.15, 0.2) is 44.7 Å². The van der Waals surface area contributed by atoms with E-state index >= 15 is 0 Å². The first-order valence-electron chi connectivity index (χ1n) is 8.74. The van der Waals surface area contributed by atoms with E-state index in [-0.39, 0.29) is 16.1 Å². The number of aromatic hydroxyl groups is 1. The number of halogens is 2. The number of fused-ring (bicyclic) bond motifs is 1. The standard InChI is InChI=1S/C19H16BrClN4O4/c1-2-3-4-17-23-15-6-5-12(20)9-13(15)19(27)24(17)22-10-11-7-14(21)18(26)16(8-11)25(28)29/h5-10,26H,2-4H2,1H3. The van der Waals surface area contributed by atoms with Gasteiger partial charge in [-0.1, -0.05) is 40.9 Å². The quantitative estimate of drug-likeness (QED) is 0.314. The lowest BCUT2D eigenvalue weighted by Gasteiger charge is -2.09. The zero-order chi connectivity index (χ0) is 21.1. The van der Waals surface area contributed by atoms with Crippen LogP contribution in [0.5, 0.6) is 5.75 Å². The molecule has 29 heavy (non-hydrogen) atoms. The van der Waals surface area contributed by atoms with Gasteiger partial charge in [0, 0.05) is 22.5 Å². The van der Waals surface area contributed by atoms with Crippen molar-refractivity contribution in [2.45, 2.75) is 26.2 Å². The van der Waals surface area contributed by atoms with E-state index in [1.54, 1.807) is 12.1 Å². The Morgan fingerprint density at radius 2 is 2.14 bits per heavy atom. The number of benzene rings is 2. The maximum absolute atomic E-state index is 13.0. The summed E-state index contributed by atoms with van der Waals surface area (Å²) in [5, 5.41) is 25.2. The van der Waals surface area contributed by atoms with Gasteiger partial charge < -0.3 is 5.11 Å². The van der Waals surface area contributed by atoms with Crippen LogP contribution in [0, 0.1) is 10.1 Å². The van der Waals surface area contributed by atoms with E-state index in [0.717, 1.165) is 23.4 Å². The topological polar surface area (TPSA) is 111 Å². The lowest BCUT2D eigenvalue weighted by Crippen LogP contribution is -2.22. The number of nitro groups is 1. The lowest BCUT2D eigenvalue weighted by molar-refractivity contribution is -0.385. The van der Waals surface area contributed by atoms with Crippen LogP contribution in [-0.4, -0.2) is 25.9 Å². The molecular weight excluding hydrogens is 464 g/mol. The molecule has 0 aliphatic rings. The number of hydrogen-bond acceptors (Lipinski definition) is 6. The lowest BCUT2D eigenvalue weighted by atomic mass is 10.2. The molecule has 3 rings (SSSR count). The van der Waals surface area contributed by atoms with E-state index in [4.69, 9.17) is 11.6 Å². The van der Waals surface area contributed by atoms with Crippen molar-refractivity contribution in [1.29, 1.82) is 0 Å². The monoisotopic (exact) mass is 478 g/mol. The molecule has 2 aromatic carbocycles. The largest absolute Gasteiger partial charge is 0.501 e. The van der Waals surface area contributed by atoms with Gasteiger partial charge in [0.2, 0.25) is 5.75 Å². The van der Waals surface area contributed by atoms with Gasteiger partial charge in [-0.05, 0) is 30.7 Å². The van der Waals surface area contributed by atoms with Crippen molar-refractivity contribution >= 4 is 50.3 Å². The molecule has 0 saturated heterocycles. The molecule has 0 radical (unpaired) electrons. The van der Waals surface area contributed by atoms with Gasteiger partial charge in [-0.15, -0.1) is 0 Å². The van der Waals surface area contributed by atoms with Gasteiger partial charge in [0.25, 0.3) is 5.56 Å². The zero-order valence-corrected chi connectivity index (χ0v) is 17.6. The molecule has 10 heteroatoms. The third-order valence-electron chi connectivity index (χ3n) is 4.21. The third-order valence-corrected chi connectivity index (χ3v) is 5.00. The average molecular weight is 480 g/mol. The molecule has 0 saturated carbocycles. The molecule has 0 spiro atoms. The summed E-state index contributed by atoms with van der Waals surface area (Å²) in [6.45, 7) is 2.03. The third kappa shape index (κ3) is 4.46. The van der Waals surface area contributed by atoms with E-state index in [0.29, 0.717) is 23.1 Å². The number of nitrogens with zero attached hydrogens (tertiary/aromatic N) is 4. The van der Waals surface area contributed by atoms with E-state index in [2.05, 4.69) is 26.0 Å². The Bertz CT molecular complexity index is 1190. The van der Waals surface area contributed by atoms with Crippen LogP contribution in [0.25, 0.3) is 10.9 Å². The predicted octanol–water partition coefficient (Wildman–Crippen LogP) is 4.65. The molecule has 150 valence electrons. The van der Waals surface area contributed by atoms with Crippen LogP contribution in [-0.2, 0) is 6.42 Å². The highest BCUT2D eigenvalue weighted by molar-refractivity contribution is 9.10. The first-order valence-corrected chi connectivity index (χ1v) is 9.91. The Hall–Kier alpha value is -2.78. The molecule has 8 nitrogen and oxygen atoms in total. The Morgan fingerprint density at radius 1 is 1.38 bits per heavy atom. The molecule has 0 unspecified atom stereocenters. The Kier molecular flexibility index (Phi) is 6.29. The van der Waals surface area contributed by atoms with Gasteiger partial charge in [0.15, 0.2) is 0 Å². The number of phenols is 1. The van der Waals surface area contributed by atoms with Gasteiger partial charge in [-0.25, -0.2) is 4.98 Å². The van der Waals surface area contributed by atoms with Crippen molar-refractivity contribution in [1.82, 2.24) is 9.66 Å². The van der Waals surface area contributed by atoms with E-state index in [1.165, 1.54) is 17.0 Å². The molecule has 0 atom stereocenters. The van der Waals surface area contributed by atoms with Gasteiger partial charge in [0.05, 0.1) is 27.1 Å². The maximum Gasteiger partial charge on any atom is 0.312 e. The highest BCUT2D eigenvalue weighted by Gasteiger charge is 2.18. The number of aryl methyl sites for hydroxylation is 1. The first-order chi connectivity index (χ1) is 13.8. The van der Waals surface area contributed by atoms with Crippen LogP contribution >= 0.6 is 27.5 Å². The summed E-state index contributed by atoms with van der Waals surface area (Å²) in [6, 6.07) is 7.70. The number of hydrogen-bond donors (Lipinski definition) is 1. The molecule has 1 heterocycles. The van der Waals surface area contributed by atoms with E-state index in [1.807, 2.05) is 13.0 Å². The number of unbranched alkanes of at least 4 members (excludes halogenated alkanes) is 1. The Morgan fingerprint density at radius 3 is 2.83 bits per heavy atom. The molecule has 0 aliphatic heterocycles. The maximum atomic E-state index is 13.0.